The van der Waals surface area contributed by atoms with Gasteiger partial charge in [0.15, 0.2) is 5.13 Å². The molecule has 5 rings (SSSR count). The summed E-state index contributed by atoms with van der Waals surface area (Å²) in [7, 11) is -21.8. The smallest absolute Gasteiger partial charge is 0.480 e. The van der Waals surface area contributed by atoms with Crippen LogP contribution in [-0.2, 0) is 40.5 Å². The third-order valence-corrected chi connectivity index (χ3v) is 12.5. The number of aliphatic imine (C=N–C) groups is 1. The van der Waals surface area contributed by atoms with E-state index >= 15 is 0 Å². The molecule has 0 saturated heterocycles. The van der Waals surface area contributed by atoms with E-state index in [0.29, 0.717) is 24.3 Å². The van der Waals surface area contributed by atoms with Crippen LogP contribution < -0.4 is 167 Å². The maximum Gasteiger partial charge on any atom is 1.00 e. The summed E-state index contributed by atoms with van der Waals surface area (Å²) in [5.74, 6) is -4.59. The van der Waals surface area contributed by atoms with Crippen molar-refractivity contribution in [2.75, 3.05) is 18.0 Å². The van der Waals surface area contributed by atoms with Gasteiger partial charge in [-0.15, -0.1) is 0 Å². The second-order valence-electron chi connectivity index (χ2n) is 8.38. The molecule has 23 nitrogen and oxygen atoms in total. The number of nitro groups is 1. The van der Waals surface area contributed by atoms with Crippen molar-refractivity contribution in [3.63, 3.8) is 0 Å². The molecule has 0 saturated carbocycles. The number of hydrogen-bond donors (Lipinski definition) is 1. The number of anilines is 1. The standard InChI is InChI=1S/C6H6N4O3S.2C6H6O8S2.5Na.Sb/c11-5-7-1-2-9(5)6-8-3-4(14-6)10(12)13;2*7-4-1-3(15(9,10)11)2-5(6(4)8)16(12,13)14;;;;;;/h3H,1-2H2,(H,7,11);2*1-2,7-8H,(H,9,10,11)(H,12,13,14);;;;;;/q;;;5*+1;+3/p-8. The van der Waals surface area contributed by atoms with Crippen LogP contribution in [0.1, 0.15) is 0 Å². The molecule has 52 heavy (non-hydrogen) atoms. The Morgan fingerprint density at radius 3 is 1.79 bits per heavy atom. The SMILES string of the molecule is O=S(=O)([O-])c1cc([O][Sb]2[O]c3cc(S(=O)(=O)[O-])cc(S(=O)(=O)[O-])c3[O]2)c([O-])c(S(=O)(=O)[O-])c1.O=[N+]([O-])c1cnc(N2CCN=C2O)s1.[Na+].[Na+].[Na+].[Na+].[Na+]. The van der Waals surface area contributed by atoms with Gasteiger partial charge in [0.1, 0.15) is 6.20 Å². The number of amidine groups is 1. The van der Waals surface area contributed by atoms with Crippen molar-refractivity contribution in [1.82, 2.24) is 4.98 Å². The summed E-state index contributed by atoms with van der Waals surface area (Å²) in [4.78, 5) is 13.3. The summed E-state index contributed by atoms with van der Waals surface area (Å²) in [5, 5.41) is 32.2. The zero-order valence-corrected chi connectivity index (χ0v) is 43.5. The molecule has 34 heteroatoms. The van der Waals surface area contributed by atoms with Gasteiger partial charge in [-0.2, -0.15) is 0 Å². The molecule has 0 atom stereocenters. The quantitative estimate of drug-likeness (QED) is 0.0947. The van der Waals surface area contributed by atoms with Crippen molar-refractivity contribution in [1.29, 1.82) is 0 Å². The average molecular weight is 983 g/mol. The van der Waals surface area contributed by atoms with E-state index in [1.54, 1.807) is 0 Å². The summed E-state index contributed by atoms with van der Waals surface area (Å²) >= 11 is -3.55. The van der Waals surface area contributed by atoms with E-state index in [4.69, 9.17) is 9.05 Å². The van der Waals surface area contributed by atoms with Crippen molar-refractivity contribution in [3.05, 3.63) is 40.6 Å². The average Bonchev–Trinajstić information content (AvgIpc) is 3.66. The molecule has 3 aromatic rings. The molecular formula is C18H10N4Na5O19S5Sb. The van der Waals surface area contributed by atoms with Crippen molar-refractivity contribution in [2.24, 2.45) is 4.99 Å². The Balaban J connectivity index is 0. The summed E-state index contributed by atoms with van der Waals surface area (Å²) in [6.45, 7) is 0.996. The summed E-state index contributed by atoms with van der Waals surface area (Å²) in [6.07, 6.45) is 1.17. The molecule has 0 amide bonds. The molecule has 2 aromatic carbocycles. The summed E-state index contributed by atoms with van der Waals surface area (Å²) in [5.41, 5.74) is 0. The van der Waals surface area contributed by atoms with Crippen LogP contribution >= 0.6 is 11.3 Å². The molecule has 0 spiro atoms. The number of aliphatic hydroxyl groups is 1. The molecular weight excluding hydrogens is 973 g/mol. The van der Waals surface area contributed by atoms with Gasteiger partial charge in [0, 0.05) is 6.54 Å². The molecule has 0 radical (unpaired) electrons. The first-order valence-electron chi connectivity index (χ1n) is 11.3. The van der Waals surface area contributed by atoms with Gasteiger partial charge in [-0.05, 0) is 11.3 Å². The Labute approximate surface area is 417 Å². The number of hydrogen-bond acceptors (Lipinski definition) is 22. The van der Waals surface area contributed by atoms with Gasteiger partial charge in [-0.3, -0.25) is 15.0 Å². The number of nitrogens with zero attached hydrogens (tertiary/aromatic N) is 4. The van der Waals surface area contributed by atoms with Crippen LogP contribution in [-0.4, -0.2) is 107 Å². The maximum absolute atomic E-state index is 12.2. The third-order valence-electron chi connectivity index (χ3n) is 5.33. The van der Waals surface area contributed by atoms with E-state index < -0.39 is 109 Å². The number of fused-ring (bicyclic) bond motifs is 1. The van der Waals surface area contributed by atoms with Crippen LogP contribution in [0, 0.1) is 10.1 Å². The number of benzene rings is 2. The Kier molecular flexibility index (Phi) is 22.9. The molecule has 1 N–H and O–H groups in total. The summed E-state index contributed by atoms with van der Waals surface area (Å²) in [6, 6.07) is 0.782. The zero-order valence-electron chi connectivity index (χ0n) is 26.9. The summed E-state index contributed by atoms with van der Waals surface area (Å²) < 4.78 is 150. The van der Waals surface area contributed by atoms with E-state index in [0.717, 1.165) is 11.3 Å². The minimum Gasteiger partial charge on any atom is -0.480 e. The maximum atomic E-state index is 12.2. The van der Waals surface area contributed by atoms with E-state index in [9.17, 15) is 72.2 Å². The number of aliphatic hydroxyl groups excluding tert-OH is 1. The largest absolute Gasteiger partial charge is 1.00 e. The molecule has 0 aliphatic carbocycles. The van der Waals surface area contributed by atoms with Gasteiger partial charge >= 0.3 is 348 Å². The Bertz CT molecular complexity index is 2280. The predicted molar refractivity (Wildman–Crippen MR) is 143 cm³/mol. The normalized spacial score (nSPS) is 13.7. The van der Waals surface area contributed by atoms with Crippen molar-refractivity contribution < 1.29 is 224 Å². The molecule has 2 aliphatic heterocycles. The van der Waals surface area contributed by atoms with Gasteiger partial charge < -0.3 is 5.11 Å². The fourth-order valence-corrected chi connectivity index (χ4v) is 9.69. The van der Waals surface area contributed by atoms with Gasteiger partial charge in [0.05, 0.1) is 11.5 Å². The second-order valence-corrected chi connectivity index (χ2v) is 17.7. The van der Waals surface area contributed by atoms with Gasteiger partial charge in [0.2, 0.25) is 0 Å². The topological polar surface area (TPSA) is 371 Å². The van der Waals surface area contributed by atoms with Gasteiger partial charge in [0.25, 0.3) is 6.02 Å². The molecule has 0 unspecified atom stereocenters. The first-order valence-corrected chi connectivity index (χ1v) is 20.9. The van der Waals surface area contributed by atoms with Crippen LogP contribution in [0.25, 0.3) is 0 Å². The first kappa shape index (κ1) is 55.5. The minimum atomic E-state index is -5.60. The van der Waals surface area contributed by atoms with Crippen LogP contribution in [0.3, 0.4) is 0 Å². The zero-order chi connectivity index (χ0) is 35.3. The Hall–Kier alpha value is 1.40. The van der Waals surface area contributed by atoms with Crippen LogP contribution in [0.15, 0.2) is 55.0 Å². The number of aromatic nitrogens is 1. The molecule has 256 valence electrons. The van der Waals surface area contributed by atoms with Gasteiger partial charge in [-0.25, -0.2) is 9.98 Å². The van der Waals surface area contributed by atoms with E-state index in [-0.39, 0.29) is 177 Å². The number of rotatable bonds is 8. The Morgan fingerprint density at radius 2 is 1.35 bits per heavy atom. The van der Waals surface area contributed by atoms with E-state index in [1.807, 2.05) is 0 Å². The van der Waals surface area contributed by atoms with Crippen LogP contribution in [0.4, 0.5) is 10.1 Å². The van der Waals surface area contributed by atoms with Gasteiger partial charge in [-0.1, -0.05) is 0 Å². The molecule has 3 heterocycles. The third kappa shape index (κ3) is 14.0. The Morgan fingerprint density at radius 1 is 0.827 bits per heavy atom. The second kappa shape index (κ2) is 21.4. The minimum absolute atomic E-state index is 0. The molecule has 0 fully saturated rings. The monoisotopic (exact) mass is 982 g/mol. The number of thiazole rings is 1. The fraction of sp³-hybridized carbons (Fsp3) is 0.111. The first-order chi connectivity index (χ1) is 21.5. The van der Waals surface area contributed by atoms with Crippen molar-refractivity contribution >= 4 is 89.4 Å². The van der Waals surface area contributed by atoms with Crippen molar-refractivity contribution in [3.8, 4) is 23.0 Å². The molecule has 2 aliphatic rings. The fourth-order valence-electron chi connectivity index (χ4n) is 3.36. The van der Waals surface area contributed by atoms with E-state index in [1.165, 1.54) is 11.1 Å². The predicted octanol–water partition coefficient (Wildman–Crippen LogP) is -17.0. The molecule has 1 aromatic heterocycles. The van der Waals surface area contributed by atoms with Crippen LogP contribution in [0.5, 0.6) is 23.0 Å². The van der Waals surface area contributed by atoms with Crippen LogP contribution in [0.2, 0.25) is 0 Å². The van der Waals surface area contributed by atoms with Crippen molar-refractivity contribution in [2.45, 2.75) is 19.6 Å². The van der Waals surface area contributed by atoms with E-state index in [2.05, 4.69) is 9.98 Å². The molecule has 0 bridgehead atoms.